The highest BCUT2D eigenvalue weighted by molar-refractivity contribution is 9.10. The van der Waals surface area contributed by atoms with E-state index in [-0.39, 0.29) is 5.91 Å². The summed E-state index contributed by atoms with van der Waals surface area (Å²) in [5.74, 6) is -0.0585. The Kier molecular flexibility index (Phi) is 6.26. The third-order valence-electron chi connectivity index (χ3n) is 3.90. The molecule has 118 valence electrons. The number of ether oxygens (including phenoxy) is 1. The van der Waals surface area contributed by atoms with Gasteiger partial charge in [-0.15, -0.1) is 0 Å². The molecule has 6 heteroatoms. The van der Waals surface area contributed by atoms with E-state index in [1.54, 1.807) is 0 Å². The molecule has 1 aromatic rings. The van der Waals surface area contributed by atoms with Crippen molar-refractivity contribution in [2.75, 3.05) is 13.2 Å². The summed E-state index contributed by atoms with van der Waals surface area (Å²) < 4.78 is 8.63. The zero-order valence-corrected chi connectivity index (χ0v) is 14.1. The van der Waals surface area contributed by atoms with Crippen molar-refractivity contribution >= 4 is 21.8 Å². The van der Waals surface area contributed by atoms with Crippen molar-refractivity contribution in [1.29, 1.82) is 0 Å². The highest BCUT2D eigenvalue weighted by Gasteiger charge is 2.18. The van der Waals surface area contributed by atoms with Crippen LogP contribution in [0.2, 0.25) is 0 Å². The number of nitrogens with one attached hydrogen (secondary N) is 1. The Balaban J connectivity index is 1.69. The smallest absolute Gasteiger partial charge is 0.268 e. The maximum absolute atomic E-state index is 12.1. The predicted octanol–water partition coefficient (Wildman–Crippen LogP) is 2.29. The zero-order valence-electron chi connectivity index (χ0n) is 12.5. The van der Waals surface area contributed by atoms with Crippen molar-refractivity contribution < 1.29 is 9.53 Å². The molecule has 0 saturated heterocycles. The van der Waals surface area contributed by atoms with Crippen LogP contribution >= 0.6 is 15.9 Å². The number of nitrogens with two attached hydrogens (primary N) is 1. The molecule has 1 aliphatic rings. The Morgan fingerprint density at radius 1 is 1.48 bits per heavy atom. The first-order valence-corrected chi connectivity index (χ1v) is 8.40. The van der Waals surface area contributed by atoms with Crippen molar-refractivity contribution in [2.24, 2.45) is 5.73 Å². The number of carbonyl (C=O) groups excluding carboxylic acids is 1. The molecule has 1 fully saturated rings. The quantitative estimate of drug-likeness (QED) is 0.767. The molecule has 0 aromatic carbocycles. The number of hydrogen-bond donors (Lipinski definition) is 2. The molecule has 3 N–H and O–H groups in total. The highest BCUT2D eigenvalue weighted by Crippen LogP contribution is 2.19. The summed E-state index contributed by atoms with van der Waals surface area (Å²) in [7, 11) is 0. The maximum atomic E-state index is 12.1. The van der Waals surface area contributed by atoms with Crippen LogP contribution in [0.25, 0.3) is 0 Å². The molecule has 1 heterocycles. The molecule has 1 saturated carbocycles. The largest absolute Gasteiger partial charge is 0.376 e. The first-order valence-electron chi connectivity index (χ1n) is 7.61. The second-order valence-electron chi connectivity index (χ2n) is 5.49. The van der Waals surface area contributed by atoms with Gasteiger partial charge in [0.15, 0.2) is 0 Å². The van der Waals surface area contributed by atoms with E-state index in [1.165, 1.54) is 0 Å². The fourth-order valence-electron chi connectivity index (χ4n) is 2.66. The lowest BCUT2D eigenvalue weighted by Crippen LogP contribution is -2.33. The van der Waals surface area contributed by atoms with Crippen LogP contribution in [0, 0.1) is 0 Å². The molecule has 0 aliphatic heterocycles. The molecule has 0 spiro atoms. The van der Waals surface area contributed by atoms with Gasteiger partial charge in [0.2, 0.25) is 0 Å². The molecule has 1 aromatic heterocycles. The van der Waals surface area contributed by atoms with Crippen LogP contribution in [-0.4, -0.2) is 35.8 Å². The number of hydrogen-bond acceptors (Lipinski definition) is 3. The van der Waals surface area contributed by atoms with Crippen molar-refractivity contribution in [1.82, 2.24) is 9.88 Å². The lowest BCUT2D eigenvalue weighted by Gasteiger charge is -2.26. The van der Waals surface area contributed by atoms with Crippen molar-refractivity contribution in [2.45, 2.75) is 51.3 Å². The Bertz CT molecular complexity index is 467. The van der Waals surface area contributed by atoms with Gasteiger partial charge in [-0.05, 0) is 54.6 Å². The number of nitrogens with zero attached hydrogens (tertiary/aromatic N) is 1. The SMILES string of the molecule is CCn1cc(Br)cc1C(=O)NCCOC1CCC(N)CC1. The molecule has 1 aliphatic carbocycles. The number of amides is 1. The molecule has 0 unspecified atom stereocenters. The summed E-state index contributed by atoms with van der Waals surface area (Å²) >= 11 is 3.40. The summed E-state index contributed by atoms with van der Waals surface area (Å²) in [5, 5.41) is 2.91. The van der Waals surface area contributed by atoms with Gasteiger partial charge >= 0.3 is 0 Å². The van der Waals surface area contributed by atoms with Gasteiger partial charge in [-0.3, -0.25) is 4.79 Å². The molecule has 5 nitrogen and oxygen atoms in total. The molecular formula is C15H24BrN3O2. The number of carbonyl (C=O) groups is 1. The van der Waals surface area contributed by atoms with E-state index >= 15 is 0 Å². The van der Waals surface area contributed by atoms with Gasteiger partial charge in [0.1, 0.15) is 5.69 Å². The summed E-state index contributed by atoms with van der Waals surface area (Å²) in [6.45, 7) is 3.88. The van der Waals surface area contributed by atoms with Crippen LogP contribution in [0.1, 0.15) is 43.1 Å². The van der Waals surface area contributed by atoms with Crippen LogP contribution < -0.4 is 11.1 Å². The molecule has 21 heavy (non-hydrogen) atoms. The minimum Gasteiger partial charge on any atom is -0.376 e. The monoisotopic (exact) mass is 357 g/mol. The van der Waals surface area contributed by atoms with Gasteiger partial charge < -0.3 is 20.4 Å². The summed E-state index contributed by atoms with van der Waals surface area (Å²) in [6, 6.07) is 2.17. The molecule has 1 amide bonds. The lowest BCUT2D eigenvalue weighted by molar-refractivity contribution is 0.0267. The van der Waals surface area contributed by atoms with Crippen LogP contribution in [0.3, 0.4) is 0 Å². The minimum absolute atomic E-state index is 0.0585. The second-order valence-corrected chi connectivity index (χ2v) is 6.41. The maximum Gasteiger partial charge on any atom is 0.268 e. The predicted molar refractivity (Wildman–Crippen MR) is 86.3 cm³/mol. The number of aromatic nitrogens is 1. The van der Waals surface area contributed by atoms with Gasteiger partial charge in [0.05, 0.1) is 12.7 Å². The van der Waals surface area contributed by atoms with Crippen LogP contribution in [0.5, 0.6) is 0 Å². The fourth-order valence-corrected chi connectivity index (χ4v) is 3.13. The Labute approximate surface area is 134 Å². The van der Waals surface area contributed by atoms with Gasteiger partial charge in [-0.2, -0.15) is 0 Å². The normalized spacial score (nSPS) is 22.2. The summed E-state index contributed by atoms with van der Waals surface area (Å²) in [5.41, 5.74) is 6.54. The average Bonchev–Trinajstić information content (AvgIpc) is 2.86. The van der Waals surface area contributed by atoms with Crippen LogP contribution in [-0.2, 0) is 11.3 Å². The Hall–Kier alpha value is -0.850. The zero-order chi connectivity index (χ0) is 15.2. The second kappa shape index (κ2) is 7.96. The summed E-state index contributed by atoms with van der Waals surface area (Å²) in [4.78, 5) is 12.1. The standard InChI is InChI=1S/C15H24BrN3O2/c1-2-19-10-11(16)9-14(19)15(20)18-7-8-21-13-5-3-12(17)4-6-13/h9-10,12-13H,2-8,17H2,1H3,(H,18,20). The van der Waals surface area contributed by atoms with Gasteiger partial charge in [0, 0.05) is 29.8 Å². The number of halogens is 1. The minimum atomic E-state index is -0.0585. The molecular weight excluding hydrogens is 334 g/mol. The Morgan fingerprint density at radius 3 is 2.86 bits per heavy atom. The summed E-state index contributed by atoms with van der Waals surface area (Å²) in [6.07, 6.45) is 6.35. The third-order valence-corrected chi connectivity index (χ3v) is 4.33. The molecule has 0 bridgehead atoms. The van der Waals surface area contributed by atoms with E-state index in [4.69, 9.17) is 10.5 Å². The van der Waals surface area contributed by atoms with Crippen LogP contribution in [0.15, 0.2) is 16.7 Å². The third kappa shape index (κ3) is 4.83. The molecule has 0 radical (unpaired) electrons. The van der Waals surface area contributed by atoms with Gasteiger partial charge in [-0.25, -0.2) is 0 Å². The fraction of sp³-hybridized carbons (Fsp3) is 0.667. The van der Waals surface area contributed by atoms with Crippen molar-refractivity contribution in [3.8, 4) is 0 Å². The number of rotatable bonds is 6. The van der Waals surface area contributed by atoms with Crippen LogP contribution in [0.4, 0.5) is 0 Å². The molecule has 2 rings (SSSR count). The van der Waals surface area contributed by atoms with E-state index in [1.807, 2.05) is 23.8 Å². The number of aryl methyl sites for hydroxylation is 1. The van der Waals surface area contributed by atoms with E-state index < -0.39 is 0 Å². The highest BCUT2D eigenvalue weighted by atomic mass is 79.9. The van der Waals surface area contributed by atoms with E-state index in [0.717, 1.165) is 36.7 Å². The van der Waals surface area contributed by atoms with Crippen molar-refractivity contribution in [3.63, 3.8) is 0 Å². The topological polar surface area (TPSA) is 69.3 Å². The van der Waals surface area contributed by atoms with Crippen molar-refractivity contribution in [3.05, 3.63) is 22.4 Å². The first-order chi connectivity index (χ1) is 10.1. The van der Waals surface area contributed by atoms with E-state index in [9.17, 15) is 4.79 Å². The van der Waals surface area contributed by atoms with Gasteiger partial charge in [0.25, 0.3) is 5.91 Å². The van der Waals surface area contributed by atoms with E-state index in [0.29, 0.717) is 31.0 Å². The average molecular weight is 358 g/mol. The Morgan fingerprint density at radius 2 is 2.19 bits per heavy atom. The molecule has 0 atom stereocenters. The lowest BCUT2D eigenvalue weighted by atomic mass is 9.94. The first kappa shape index (κ1) is 16.5. The van der Waals surface area contributed by atoms with E-state index in [2.05, 4.69) is 21.2 Å². The van der Waals surface area contributed by atoms with Gasteiger partial charge in [-0.1, -0.05) is 0 Å².